The van der Waals surface area contributed by atoms with E-state index in [2.05, 4.69) is 58.9 Å². The summed E-state index contributed by atoms with van der Waals surface area (Å²) in [6.45, 7) is 22.5. The first kappa shape index (κ1) is 23.7. The van der Waals surface area contributed by atoms with Crippen LogP contribution in [0.1, 0.15) is 6.42 Å². The summed E-state index contributed by atoms with van der Waals surface area (Å²) in [6, 6.07) is 1.07. The molecule has 1 fully saturated rings. The van der Waals surface area contributed by atoms with Gasteiger partial charge in [-0.3, -0.25) is 0 Å². The van der Waals surface area contributed by atoms with Gasteiger partial charge in [-0.15, -0.1) is 0 Å². The number of rotatable bonds is 13. The van der Waals surface area contributed by atoms with E-state index in [1.807, 2.05) is 0 Å². The van der Waals surface area contributed by atoms with Crippen molar-refractivity contribution >= 4 is 33.5 Å². The minimum atomic E-state index is -2.10. The van der Waals surface area contributed by atoms with Crippen molar-refractivity contribution in [3.05, 3.63) is 0 Å². The molecule has 2 atom stereocenters. The third kappa shape index (κ3) is 12.6. The Bertz CT molecular complexity index is 404. The molecular weight excluding hydrogens is 385 g/mol. The van der Waals surface area contributed by atoms with Gasteiger partial charge in [0.25, 0.3) is 0 Å². The smallest absolute Gasteiger partial charge is 0.321 e. The van der Waals surface area contributed by atoms with Crippen molar-refractivity contribution in [3.8, 4) is 0 Å². The van der Waals surface area contributed by atoms with Crippen LogP contribution in [-0.4, -0.2) is 65.7 Å². The lowest BCUT2D eigenvalue weighted by Gasteiger charge is -2.38. The second kappa shape index (κ2) is 9.24. The molecule has 1 aliphatic rings. The zero-order chi connectivity index (χ0) is 19.4. The average Bonchev–Trinajstić information content (AvgIpc) is 3.15. The van der Waals surface area contributed by atoms with E-state index in [0.29, 0.717) is 6.10 Å². The Kier molecular flexibility index (Phi) is 8.76. The maximum atomic E-state index is 6.64. The summed E-state index contributed by atoms with van der Waals surface area (Å²) >= 11 is 0. The maximum absolute atomic E-state index is 6.64. The minimum Gasteiger partial charge on any atom is -0.454 e. The fraction of sp³-hybridized carbons (Fsp3) is 1.00. The molecule has 0 bridgehead atoms. The summed E-state index contributed by atoms with van der Waals surface area (Å²) in [7, 11) is -7.23. The van der Waals surface area contributed by atoms with Crippen LogP contribution in [0.2, 0.25) is 65.0 Å². The van der Waals surface area contributed by atoms with Gasteiger partial charge in [-0.2, -0.15) is 0 Å². The molecule has 150 valence electrons. The topological polar surface area (TPSA) is 49.5 Å². The Balaban J connectivity index is 2.51. The SMILES string of the molecule is C[Si](C)(C)O[Si](C)(CCCOCC1CO1)CO[Si](C)(C)O[Si](C)(C)C. The molecule has 5 nitrogen and oxygen atoms in total. The molecule has 0 spiro atoms. The van der Waals surface area contributed by atoms with Gasteiger partial charge in [0.05, 0.1) is 19.4 Å². The second-order valence-electron chi connectivity index (χ2n) is 9.70. The van der Waals surface area contributed by atoms with Gasteiger partial charge in [-0.1, -0.05) is 0 Å². The number of hydrogen-bond acceptors (Lipinski definition) is 5. The van der Waals surface area contributed by atoms with Gasteiger partial charge < -0.3 is 22.1 Å². The van der Waals surface area contributed by atoms with Crippen LogP contribution in [0.3, 0.4) is 0 Å². The predicted octanol–water partition coefficient (Wildman–Crippen LogP) is 4.33. The van der Waals surface area contributed by atoms with Crippen LogP contribution in [0.4, 0.5) is 0 Å². The summed E-state index contributed by atoms with van der Waals surface area (Å²) < 4.78 is 30.2. The highest BCUT2D eigenvalue weighted by molar-refractivity contribution is 6.86. The van der Waals surface area contributed by atoms with E-state index in [4.69, 9.17) is 22.1 Å². The zero-order valence-corrected chi connectivity index (χ0v) is 21.9. The maximum Gasteiger partial charge on any atom is 0.321 e. The molecule has 0 radical (unpaired) electrons. The number of ether oxygens (including phenoxy) is 2. The van der Waals surface area contributed by atoms with Crippen LogP contribution < -0.4 is 0 Å². The van der Waals surface area contributed by atoms with Gasteiger partial charge in [0, 0.05) is 6.61 Å². The highest BCUT2D eigenvalue weighted by Gasteiger charge is 2.39. The van der Waals surface area contributed by atoms with E-state index in [-0.39, 0.29) is 0 Å². The molecule has 25 heavy (non-hydrogen) atoms. The summed E-state index contributed by atoms with van der Waals surface area (Å²) in [6.07, 6.45) is 2.10. The lowest BCUT2D eigenvalue weighted by atomic mass is 10.5. The van der Waals surface area contributed by atoms with Crippen molar-refractivity contribution in [1.29, 1.82) is 0 Å². The first-order chi connectivity index (χ1) is 11.2. The Hall–Kier alpha value is 0.668. The van der Waals surface area contributed by atoms with Gasteiger partial charge in [-0.25, -0.2) is 0 Å². The van der Waals surface area contributed by atoms with Crippen molar-refractivity contribution in [2.75, 3.05) is 26.1 Å². The quantitative estimate of drug-likeness (QED) is 0.250. The minimum absolute atomic E-state index is 0.343. The average molecular weight is 425 g/mol. The first-order valence-electron chi connectivity index (χ1n) is 9.43. The van der Waals surface area contributed by atoms with Gasteiger partial charge >= 0.3 is 8.56 Å². The normalized spacial score (nSPS) is 21.2. The molecule has 0 N–H and O–H groups in total. The molecular formula is C16H40O5Si4. The van der Waals surface area contributed by atoms with Gasteiger partial charge in [-0.05, 0) is 71.4 Å². The third-order valence-electron chi connectivity index (χ3n) is 3.53. The van der Waals surface area contributed by atoms with Crippen LogP contribution in [0, 0.1) is 0 Å². The van der Waals surface area contributed by atoms with Crippen LogP contribution >= 0.6 is 0 Å². The van der Waals surface area contributed by atoms with Gasteiger partial charge in [0.1, 0.15) is 6.10 Å². The highest BCUT2D eigenvalue weighted by atomic mass is 28.4. The lowest BCUT2D eigenvalue weighted by molar-refractivity contribution is 0.116. The van der Waals surface area contributed by atoms with Crippen LogP contribution in [0.5, 0.6) is 0 Å². The van der Waals surface area contributed by atoms with Crippen molar-refractivity contribution in [2.45, 2.75) is 77.5 Å². The first-order valence-corrected chi connectivity index (χ1v) is 21.9. The lowest BCUT2D eigenvalue weighted by Crippen LogP contribution is -2.53. The molecule has 1 rings (SSSR count). The van der Waals surface area contributed by atoms with E-state index in [0.717, 1.165) is 38.5 Å². The van der Waals surface area contributed by atoms with E-state index in [9.17, 15) is 0 Å². The summed E-state index contributed by atoms with van der Waals surface area (Å²) in [5.41, 5.74) is 0. The van der Waals surface area contributed by atoms with Crippen molar-refractivity contribution in [3.63, 3.8) is 0 Å². The zero-order valence-electron chi connectivity index (χ0n) is 17.9. The second-order valence-corrected chi connectivity index (χ2v) is 26.6. The summed E-state index contributed by atoms with van der Waals surface area (Å²) in [5, 5.41) is 0. The Morgan fingerprint density at radius 2 is 1.44 bits per heavy atom. The van der Waals surface area contributed by atoms with Crippen molar-refractivity contribution in [2.24, 2.45) is 0 Å². The van der Waals surface area contributed by atoms with Crippen LogP contribution in [-0.2, 0) is 22.1 Å². The highest BCUT2D eigenvalue weighted by Crippen LogP contribution is 2.24. The summed E-state index contributed by atoms with van der Waals surface area (Å²) in [5.74, 6) is 0. The Morgan fingerprint density at radius 1 is 0.880 bits per heavy atom. The molecule has 2 unspecified atom stereocenters. The fourth-order valence-electron chi connectivity index (χ4n) is 2.91. The molecule has 1 aliphatic heterocycles. The predicted molar refractivity (Wildman–Crippen MR) is 114 cm³/mol. The van der Waals surface area contributed by atoms with Gasteiger partial charge in [0.2, 0.25) is 8.32 Å². The van der Waals surface area contributed by atoms with E-state index in [1.54, 1.807) is 0 Å². The Morgan fingerprint density at radius 3 is 1.92 bits per heavy atom. The molecule has 1 saturated heterocycles. The van der Waals surface area contributed by atoms with E-state index in [1.165, 1.54) is 0 Å². The molecule has 0 aromatic rings. The van der Waals surface area contributed by atoms with Crippen molar-refractivity contribution < 1.29 is 22.1 Å². The van der Waals surface area contributed by atoms with E-state index >= 15 is 0 Å². The van der Waals surface area contributed by atoms with Crippen molar-refractivity contribution in [1.82, 2.24) is 0 Å². The fourth-order valence-corrected chi connectivity index (χ4v) is 19.3. The standard InChI is InChI=1S/C16H40O5Si4/c1-22(2,3)20-24(7,8)19-15-25(9,21-23(4,5)6)12-10-11-17-13-16-14-18-16/h16H,10-15H2,1-9H3. The molecule has 0 aromatic carbocycles. The number of epoxide rings is 1. The third-order valence-corrected chi connectivity index (χ3v) is 15.7. The Labute approximate surface area is 159 Å². The van der Waals surface area contributed by atoms with Crippen LogP contribution in [0.25, 0.3) is 0 Å². The molecule has 0 aliphatic carbocycles. The summed E-state index contributed by atoms with van der Waals surface area (Å²) in [4.78, 5) is 0. The van der Waals surface area contributed by atoms with E-state index < -0.39 is 33.5 Å². The largest absolute Gasteiger partial charge is 0.454 e. The monoisotopic (exact) mass is 424 g/mol. The molecule has 0 amide bonds. The van der Waals surface area contributed by atoms with Crippen LogP contribution in [0.15, 0.2) is 0 Å². The molecule has 0 aromatic heterocycles. The number of hydrogen-bond donors (Lipinski definition) is 0. The molecule has 9 heteroatoms. The van der Waals surface area contributed by atoms with Gasteiger partial charge in [0.15, 0.2) is 16.6 Å². The molecule has 0 saturated carbocycles. The molecule has 1 heterocycles.